The molecule has 33 heavy (non-hydrogen) atoms. The molecule has 0 fully saturated rings. The molecule has 0 bridgehead atoms. The van der Waals surface area contributed by atoms with Gasteiger partial charge >= 0.3 is 12.1 Å². The summed E-state index contributed by atoms with van der Waals surface area (Å²) in [4.78, 5) is 31.6. The van der Waals surface area contributed by atoms with E-state index in [9.17, 15) is 9.59 Å². The SMILES string of the molecule is CN(CCCC[N@@+]12C=CN=Cc3cccc(c31)CC2C(=O)OC(C)(C)C)C(=O)OC(C)(C)C. The minimum absolute atomic E-state index is 0.193. The van der Waals surface area contributed by atoms with Gasteiger partial charge in [0, 0.05) is 31.8 Å². The molecule has 0 saturated heterocycles. The number of para-hydroxylation sites is 1. The summed E-state index contributed by atoms with van der Waals surface area (Å²) in [6.07, 6.45) is 7.62. The van der Waals surface area contributed by atoms with E-state index in [1.165, 1.54) is 0 Å². The summed E-state index contributed by atoms with van der Waals surface area (Å²) in [5.74, 6) is -0.193. The van der Waals surface area contributed by atoms with Crippen LogP contribution in [0.4, 0.5) is 10.5 Å². The number of hydrogen-bond acceptors (Lipinski definition) is 5. The minimum atomic E-state index is -0.555. The van der Waals surface area contributed by atoms with Crippen LogP contribution in [-0.2, 0) is 20.7 Å². The van der Waals surface area contributed by atoms with Crippen LogP contribution in [-0.4, -0.2) is 60.6 Å². The highest BCUT2D eigenvalue weighted by molar-refractivity contribution is 5.94. The molecule has 2 aliphatic heterocycles. The van der Waals surface area contributed by atoms with E-state index in [2.05, 4.69) is 17.1 Å². The van der Waals surface area contributed by atoms with Gasteiger partial charge in [-0.2, -0.15) is 0 Å². The van der Waals surface area contributed by atoms with E-state index < -0.39 is 11.2 Å². The van der Waals surface area contributed by atoms with E-state index in [1.807, 2.05) is 60.0 Å². The summed E-state index contributed by atoms with van der Waals surface area (Å²) in [5, 5.41) is 0. The third-order valence-electron chi connectivity index (χ3n) is 5.82. The number of esters is 1. The maximum atomic E-state index is 13.3. The minimum Gasteiger partial charge on any atom is -0.456 e. The highest BCUT2D eigenvalue weighted by Crippen LogP contribution is 2.44. The molecule has 1 unspecified atom stereocenters. The molecular formula is C26H38N3O4+. The summed E-state index contributed by atoms with van der Waals surface area (Å²) in [6.45, 7) is 12.6. The van der Waals surface area contributed by atoms with Gasteiger partial charge in [-0.1, -0.05) is 12.1 Å². The molecule has 0 radical (unpaired) electrons. The molecule has 0 aliphatic carbocycles. The van der Waals surface area contributed by atoms with Crippen molar-refractivity contribution in [2.45, 2.75) is 78.0 Å². The second-order valence-corrected chi connectivity index (χ2v) is 10.9. The Bertz CT molecular complexity index is 955. The number of amides is 1. The number of carbonyl (C=O) groups is 2. The predicted octanol–water partition coefficient (Wildman–Crippen LogP) is 4.81. The standard InChI is InChI=1S/C26H38N3O4/c1-25(2,3)32-23(30)21-17-19-11-10-12-20-18-27-13-16-29(21,22(19)20)15-9-8-14-28(7)24(31)33-26(4,5)6/h10-13,16,18,21H,8-9,14-15,17H2,1-7H3/q+1/t21?,29-/m0/s1. The maximum absolute atomic E-state index is 13.3. The third-order valence-corrected chi connectivity index (χ3v) is 5.82. The molecule has 1 amide bonds. The van der Waals surface area contributed by atoms with Gasteiger partial charge in [0.15, 0.2) is 5.69 Å². The van der Waals surface area contributed by atoms with Crippen molar-refractivity contribution in [2.75, 3.05) is 20.1 Å². The largest absolute Gasteiger partial charge is 0.456 e. The number of nitrogens with zero attached hydrogens (tertiary/aromatic N) is 3. The van der Waals surface area contributed by atoms with E-state index >= 15 is 0 Å². The Morgan fingerprint density at radius 1 is 1.09 bits per heavy atom. The zero-order valence-corrected chi connectivity index (χ0v) is 21.1. The molecule has 1 aromatic carbocycles. The smallest absolute Gasteiger partial charge is 0.410 e. The fraction of sp³-hybridized carbons (Fsp3) is 0.577. The summed E-state index contributed by atoms with van der Waals surface area (Å²) in [7, 11) is 1.76. The summed E-state index contributed by atoms with van der Waals surface area (Å²) in [5.41, 5.74) is 2.26. The molecular weight excluding hydrogens is 418 g/mol. The molecule has 2 atom stereocenters. The Morgan fingerprint density at radius 2 is 1.79 bits per heavy atom. The van der Waals surface area contributed by atoms with Crippen LogP contribution in [0.3, 0.4) is 0 Å². The Morgan fingerprint density at radius 3 is 2.45 bits per heavy atom. The Labute approximate surface area is 197 Å². The van der Waals surface area contributed by atoms with Gasteiger partial charge in [0.25, 0.3) is 0 Å². The van der Waals surface area contributed by atoms with E-state index in [-0.39, 0.29) is 18.1 Å². The topological polar surface area (TPSA) is 68.2 Å². The average Bonchev–Trinajstić information content (AvgIpc) is 2.88. The van der Waals surface area contributed by atoms with Gasteiger partial charge in [0.1, 0.15) is 17.4 Å². The van der Waals surface area contributed by atoms with Crippen LogP contribution < -0.4 is 4.48 Å². The molecule has 0 spiro atoms. The van der Waals surface area contributed by atoms with Crippen LogP contribution in [0.2, 0.25) is 0 Å². The average molecular weight is 457 g/mol. The number of rotatable bonds is 6. The lowest BCUT2D eigenvalue weighted by Crippen LogP contribution is -2.56. The first-order chi connectivity index (χ1) is 15.3. The molecule has 2 heterocycles. The van der Waals surface area contributed by atoms with Crippen molar-refractivity contribution in [3.05, 3.63) is 41.7 Å². The first-order valence-corrected chi connectivity index (χ1v) is 11.7. The third kappa shape index (κ3) is 5.82. The zero-order valence-electron chi connectivity index (χ0n) is 21.1. The van der Waals surface area contributed by atoms with Crippen LogP contribution >= 0.6 is 0 Å². The van der Waals surface area contributed by atoms with Gasteiger partial charge < -0.3 is 14.4 Å². The van der Waals surface area contributed by atoms with Gasteiger partial charge in [0.05, 0.1) is 18.3 Å². The number of ether oxygens (including phenoxy) is 2. The highest BCUT2D eigenvalue weighted by Gasteiger charge is 2.52. The van der Waals surface area contributed by atoms with E-state index in [0.717, 1.165) is 36.2 Å². The lowest BCUT2D eigenvalue weighted by atomic mass is 10.1. The molecule has 0 aromatic heterocycles. The molecule has 3 rings (SSSR count). The molecule has 0 saturated carbocycles. The Kier molecular flexibility index (Phi) is 7.03. The normalized spacial score (nSPS) is 21.4. The summed E-state index contributed by atoms with van der Waals surface area (Å²) >= 11 is 0. The van der Waals surface area contributed by atoms with Crippen molar-refractivity contribution in [2.24, 2.45) is 4.99 Å². The van der Waals surface area contributed by atoms with Crippen molar-refractivity contribution in [3.63, 3.8) is 0 Å². The van der Waals surface area contributed by atoms with E-state index in [1.54, 1.807) is 18.1 Å². The first-order valence-electron chi connectivity index (χ1n) is 11.7. The number of aliphatic imine (C=N–C) groups is 1. The Hall–Kier alpha value is -2.67. The second-order valence-electron chi connectivity index (χ2n) is 10.9. The lowest BCUT2D eigenvalue weighted by Gasteiger charge is -2.37. The summed E-state index contributed by atoms with van der Waals surface area (Å²) in [6, 6.07) is 5.81. The Balaban J connectivity index is 1.79. The zero-order chi connectivity index (χ0) is 24.4. The van der Waals surface area contributed by atoms with Crippen LogP contribution in [0.15, 0.2) is 35.6 Å². The van der Waals surface area contributed by atoms with Gasteiger partial charge in [0.2, 0.25) is 6.04 Å². The van der Waals surface area contributed by atoms with Gasteiger partial charge in [-0.15, -0.1) is 0 Å². The van der Waals surface area contributed by atoms with Crippen LogP contribution in [0.1, 0.15) is 65.5 Å². The summed E-state index contributed by atoms with van der Waals surface area (Å²) < 4.78 is 11.7. The van der Waals surface area contributed by atoms with E-state index in [4.69, 9.17) is 9.47 Å². The predicted molar refractivity (Wildman–Crippen MR) is 131 cm³/mol. The molecule has 180 valence electrons. The van der Waals surface area contributed by atoms with Gasteiger partial charge in [-0.3, -0.25) is 9.48 Å². The van der Waals surface area contributed by atoms with Gasteiger partial charge in [-0.25, -0.2) is 9.59 Å². The van der Waals surface area contributed by atoms with Crippen molar-refractivity contribution >= 4 is 24.0 Å². The number of hydrogen-bond donors (Lipinski definition) is 0. The lowest BCUT2D eigenvalue weighted by molar-refractivity contribution is -0.159. The number of carbonyl (C=O) groups excluding carboxylic acids is 2. The number of unbranched alkanes of at least 4 members (excludes halogenated alkanes) is 1. The van der Waals surface area contributed by atoms with Crippen molar-refractivity contribution < 1.29 is 19.1 Å². The molecule has 7 heteroatoms. The van der Waals surface area contributed by atoms with Crippen LogP contribution in [0.5, 0.6) is 0 Å². The monoisotopic (exact) mass is 456 g/mol. The molecule has 7 nitrogen and oxygen atoms in total. The van der Waals surface area contributed by atoms with Gasteiger partial charge in [-0.05, 0) is 60.5 Å². The highest BCUT2D eigenvalue weighted by atomic mass is 16.6. The van der Waals surface area contributed by atoms with Crippen molar-refractivity contribution in [1.82, 2.24) is 9.38 Å². The number of quaternary nitrogens is 1. The molecule has 2 aliphatic rings. The molecule has 1 aromatic rings. The van der Waals surface area contributed by atoms with Crippen molar-refractivity contribution in [1.29, 1.82) is 0 Å². The molecule has 0 N–H and O–H groups in total. The fourth-order valence-electron chi connectivity index (χ4n) is 4.51. The quantitative estimate of drug-likeness (QED) is 0.350. The number of benzene rings is 1. The van der Waals surface area contributed by atoms with Crippen LogP contribution in [0, 0.1) is 0 Å². The first kappa shape index (κ1) is 25.0. The van der Waals surface area contributed by atoms with Crippen LogP contribution in [0.25, 0.3) is 0 Å². The van der Waals surface area contributed by atoms with E-state index in [0.29, 0.717) is 17.4 Å². The maximum Gasteiger partial charge on any atom is 0.410 e. The fourth-order valence-corrected chi connectivity index (χ4v) is 4.51. The van der Waals surface area contributed by atoms with Crippen molar-refractivity contribution in [3.8, 4) is 0 Å². The second kappa shape index (κ2) is 9.29.